The summed E-state index contributed by atoms with van der Waals surface area (Å²) in [4.78, 5) is 6.20. The van der Waals surface area contributed by atoms with Gasteiger partial charge in [-0.05, 0) is 32.8 Å². The second-order valence-electron chi connectivity index (χ2n) is 4.88. The van der Waals surface area contributed by atoms with Crippen LogP contribution in [-0.4, -0.2) is 17.1 Å². The van der Waals surface area contributed by atoms with Gasteiger partial charge in [0.1, 0.15) is 0 Å². The highest BCUT2D eigenvalue weighted by molar-refractivity contribution is 5.46. The minimum absolute atomic E-state index is 0.0128. The van der Waals surface area contributed by atoms with Gasteiger partial charge in [0.15, 0.2) is 11.6 Å². The number of aromatic nitrogens is 1. The minimum atomic E-state index is -0.264. The molecule has 1 fully saturated rings. The first-order valence-electron chi connectivity index (χ1n) is 5.67. The summed E-state index contributed by atoms with van der Waals surface area (Å²) in [5.41, 5.74) is 6.02. The van der Waals surface area contributed by atoms with E-state index in [1.165, 1.54) is 0 Å². The fourth-order valence-corrected chi connectivity index (χ4v) is 2.32. The van der Waals surface area contributed by atoms with Crippen LogP contribution in [0.4, 0.5) is 10.2 Å². The van der Waals surface area contributed by atoms with Crippen LogP contribution in [0, 0.1) is 5.82 Å². The number of nitrogens with two attached hydrogens (primary N) is 1. The molecule has 2 N–H and O–H groups in total. The molecule has 4 heteroatoms. The van der Waals surface area contributed by atoms with Crippen molar-refractivity contribution in [1.82, 2.24) is 4.98 Å². The van der Waals surface area contributed by atoms with E-state index >= 15 is 0 Å². The number of halogens is 1. The van der Waals surface area contributed by atoms with Crippen LogP contribution in [0.2, 0.25) is 0 Å². The SMILES string of the molecule is CC1(C)CCCN1c1nccc(CN)c1F. The Kier molecular flexibility index (Phi) is 2.84. The molecule has 88 valence electrons. The van der Waals surface area contributed by atoms with Crippen molar-refractivity contribution in [2.24, 2.45) is 5.73 Å². The predicted octanol–water partition coefficient (Wildman–Crippen LogP) is 2.06. The van der Waals surface area contributed by atoms with Crippen LogP contribution in [0.15, 0.2) is 12.3 Å². The van der Waals surface area contributed by atoms with E-state index in [9.17, 15) is 4.39 Å². The average Bonchev–Trinajstić information content (AvgIpc) is 2.59. The molecule has 0 bridgehead atoms. The van der Waals surface area contributed by atoms with E-state index in [1.807, 2.05) is 4.90 Å². The largest absolute Gasteiger partial charge is 0.349 e. The summed E-state index contributed by atoms with van der Waals surface area (Å²) in [6.45, 7) is 5.33. The van der Waals surface area contributed by atoms with Gasteiger partial charge in [-0.15, -0.1) is 0 Å². The van der Waals surface area contributed by atoms with Gasteiger partial charge in [0.2, 0.25) is 0 Å². The molecule has 0 spiro atoms. The second-order valence-corrected chi connectivity index (χ2v) is 4.88. The van der Waals surface area contributed by atoms with Crippen molar-refractivity contribution in [1.29, 1.82) is 0 Å². The molecule has 16 heavy (non-hydrogen) atoms. The third-order valence-corrected chi connectivity index (χ3v) is 3.33. The van der Waals surface area contributed by atoms with E-state index in [2.05, 4.69) is 18.8 Å². The predicted molar refractivity (Wildman–Crippen MR) is 62.7 cm³/mol. The summed E-state index contributed by atoms with van der Waals surface area (Å²) in [6.07, 6.45) is 3.79. The Morgan fingerprint density at radius 1 is 1.56 bits per heavy atom. The number of anilines is 1. The number of hydrogen-bond acceptors (Lipinski definition) is 3. The van der Waals surface area contributed by atoms with Crippen molar-refractivity contribution in [2.75, 3.05) is 11.4 Å². The molecular formula is C12H18FN3. The molecule has 0 atom stereocenters. The summed E-state index contributed by atoms with van der Waals surface area (Å²) in [7, 11) is 0. The van der Waals surface area contributed by atoms with Gasteiger partial charge in [-0.2, -0.15) is 0 Å². The third-order valence-electron chi connectivity index (χ3n) is 3.33. The molecule has 0 aromatic carbocycles. The molecule has 0 amide bonds. The third kappa shape index (κ3) is 1.78. The fraction of sp³-hybridized carbons (Fsp3) is 0.583. The van der Waals surface area contributed by atoms with E-state index in [4.69, 9.17) is 5.73 Å². The summed E-state index contributed by atoms with van der Waals surface area (Å²) < 4.78 is 14.1. The summed E-state index contributed by atoms with van der Waals surface area (Å²) in [5.74, 6) is 0.186. The first-order chi connectivity index (χ1) is 7.56. The molecule has 1 aromatic rings. The van der Waals surface area contributed by atoms with E-state index < -0.39 is 0 Å². The van der Waals surface area contributed by atoms with Crippen molar-refractivity contribution >= 4 is 5.82 Å². The van der Waals surface area contributed by atoms with E-state index in [0.717, 1.165) is 19.4 Å². The zero-order valence-electron chi connectivity index (χ0n) is 9.83. The molecule has 2 rings (SSSR count). The van der Waals surface area contributed by atoms with E-state index in [0.29, 0.717) is 11.4 Å². The van der Waals surface area contributed by atoms with Crippen LogP contribution in [0.3, 0.4) is 0 Å². The highest BCUT2D eigenvalue weighted by Crippen LogP contribution is 2.34. The smallest absolute Gasteiger partial charge is 0.170 e. The van der Waals surface area contributed by atoms with Crippen LogP contribution in [-0.2, 0) is 6.54 Å². The Bertz CT molecular complexity index is 390. The van der Waals surface area contributed by atoms with Crippen molar-refractivity contribution < 1.29 is 4.39 Å². The first kappa shape index (κ1) is 11.3. The zero-order chi connectivity index (χ0) is 11.8. The lowest BCUT2D eigenvalue weighted by molar-refractivity contribution is 0.499. The van der Waals surface area contributed by atoms with Gasteiger partial charge in [-0.1, -0.05) is 0 Å². The monoisotopic (exact) mass is 223 g/mol. The van der Waals surface area contributed by atoms with Crippen LogP contribution in [0.5, 0.6) is 0 Å². The molecule has 1 aliphatic rings. The van der Waals surface area contributed by atoms with Gasteiger partial charge in [0, 0.05) is 30.4 Å². The summed E-state index contributed by atoms with van der Waals surface area (Å²) in [6, 6.07) is 1.64. The van der Waals surface area contributed by atoms with Gasteiger partial charge < -0.3 is 10.6 Å². The molecule has 3 nitrogen and oxygen atoms in total. The van der Waals surface area contributed by atoms with Gasteiger partial charge in [-0.25, -0.2) is 9.37 Å². The molecule has 0 saturated carbocycles. The van der Waals surface area contributed by atoms with Gasteiger partial charge in [0.25, 0.3) is 0 Å². The van der Waals surface area contributed by atoms with Crippen LogP contribution in [0.25, 0.3) is 0 Å². The van der Waals surface area contributed by atoms with Crippen LogP contribution in [0.1, 0.15) is 32.3 Å². The van der Waals surface area contributed by atoms with Crippen molar-refractivity contribution in [2.45, 2.75) is 38.8 Å². The van der Waals surface area contributed by atoms with Crippen molar-refractivity contribution in [3.63, 3.8) is 0 Å². The Balaban J connectivity index is 2.41. The maximum Gasteiger partial charge on any atom is 0.170 e. The van der Waals surface area contributed by atoms with E-state index in [1.54, 1.807) is 12.3 Å². The Hall–Kier alpha value is -1.16. The molecule has 1 saturated heterocycles. The lowest BCUT2D eigenvalue weighted by Crippen LogP contribution is -2.39. The second kappa shape index (κ2) is 4.01. The van der Waals surface area contributed by atoms with Gasteiger partial charge in [0.05, 0.1) is 0 Å². The maximum atomic E-state index is 14.1. The highest BCUT2D eigenvalue weighted by Gasteiger charge is 2.34. The van der Waals surface area contributed by atoms with Crippen LogP contribution >= 0.6 is 0 Å². The van der Waals surface area contributed by atoms with Crippen molar-refractivity contribution in [3.8, 4) is 0 Å². The number of pyridine rings is 1. The molecule has 0 aliphatic carbocycles. The summed E-state index contributed by atoms with van der Waals surface area (Å²) >= 11 is 0. The highest BCUT2D eigenvalue weighted by atomic mass is 19.1. The quantitative estimate of drug-likeness (QED) is 0.834. The molecular weight excluding hydrogens is 205 g/mol. The zero-order valence-corrected chi connectivity index (χ0v) is 9.83. The summed E-state index contributed by atoms with van der Waals surface area (Å²) in [5, 5.41) is 0. The van der Waals surface area contributed by atoms with Gasteiger partial charge in [-0.3, -0.25) is 0 Å². The lowest BCUT2D eigenvalue weighted by atomic mass is 10.0. The molecule has 1 aliphatic heterocycles. The lowest BCUT2D eigenvalue weighted by Gasteiger charge is -2.33. The Morgan fingerprint density at radius 3 is 2.88 bits per heavy atom. The first-order valence-corrected chi connectivity index (χ1v) is 5.67. The number of hydrogen-bond donors (Lipinski definition) is 1. The standard InChI is InChI=1S/C12H18FN3/c1-12(2)5-3-7-16(12)11-10(13)9(8-14)4-6-15-11/h4,6H,3,5,7-8,14H2,1-2H3. The Labute approximate surface area is 95.5 Å². The maximum absolute atomic E-state index is 14.1. The average molecular weight is 223 g/mol. The minimum Gasteiger partial charge on any atom is -0.349 e. The number of nitrogens with zero attached hydrogens (tertiary/aromatic N) is 2. The van der Waals surface area contributed by atoms with Gasteiger partial charge >= 0.3 is 0 Å². The number of rotatable bonds is 2. The molecule has 1 aromatic heterocycles. The Morgan fingerprint density at radius 2 is 2.31 bits per heavy atom. The molecule has 0 radical (unpaired) electrons. The van der Waals surface area contributed by atoms with Crippen molar-refractivity contribution in [3.05, 3.63) is 23.6 Å². The van der Waals surface area contributed by atoms with E-state index in [-0.39, 0.29) is 17.9 Å². The normalized spacial score (nSPS) is 19.1. The topological polar surface area (TPSA) is 42.2 Å². The molecule has 2 heterocycles. The fourth-order valence-electron chi connectivity index (χ4n) is 2.32. The molecule has 0 unspecified atom stereocenters. The van der Waals surface area contributed by atoms with Crippen LogP contribution < -0.4 is 10.6 Å².